The molecule has 5 heteroatoms. The molecular formula is C7H9N3S2. The van der Waals surface area contributed by atoms with E-state index in [1.54, 1.807) is 17.6 Å². The average molecular weight is 199 g/mol. The monoisotopic (exact) mass is 199 g/mol. The maximum absolute atomic E-state index is 5.18. The topological polar surface area (TPSA) is 50.4 Å². The van der Waals surface area contributed by atoms with Gasteiger partial charge >= 0.3 is 0 Å². The second kappa shape index (κ2) is 4.18. The molecule has 1 aromatic rings. The van der Waals surface area contributed by atoms with Gasteiger partial charge in [0.25, 0.3) is 0 Å². The van der Waals surface area contributed by atoms with Crippen molar-refractivity contribution in [3.63, 3.8) is 0 Å². The zero-order chi connectivity index (χ0) is 8.97. The summed E-state index contributed by atoms with van der Waals surface area (Å²) >= 11 is 6.21. The van der Waals surface area contributed by atoms with Crippen LogP contribution in [0.15, 0.2) is 16.5 Å². The zero-order valence-electron chi connectivity index (χ0n) is 6.57. The van der Waals surface area contributed by atoms with E-state index in [0.29, 0.717) is 0 Å². The molecule has 0 fully saturated rings. The Morgan fingerprint density at radius 3 is 3.08 bits per heavy atom. The molecule has 0 aromatic carbocycles. The number of thiophene rings is 1. The molecule has 0 radical (unpaired) electrons. The van der Waals surface area contributed by atoms with Crippen molar-refractivity contribution in [1.82, 2.24) is 5.43 Å². The predicted octanol–water partition coefficient (Wildman–Crippen LogP) is 1.22. The normalized spacial score (nSPS) is 10.4. The van der Waals surface area contributed by atoms with Crippen LogP contribution in [0.5, 0.6) is 0 Å². The number of nitrogens with two attached hydrogens (primary N) is 1. The van der Waals surface area contributed by atoms with Gasteiger partial charge in [-0.3, -0.25) is 5.43 Å². The third-order valence-corrected chi connectivity index (χ3v) is 2.30. The Hall–Kier alpha value is -0.940. The van der Waals surface area contributed by atoms with E-state index in [0.717, 1.165) is 4.88 Å². The maximum atomic E-state index is 5.18. The number of hydrazone groups is 1. The molecule has 0 aliphatic heterocycles. The van der Waals surface area contributed by atoms with Crippen molar-refractivity contribution in [2.24, 2.45) is 10.8 Å². The van der Waals surface area contributed by atoms with Gasteiger partial charge in [-0.25, -0.2) is 0 Å². The average Bonchev–Trinajstić information content (AvgIpc) is 2.36. The van der Waals surface area contributed by atoms with Crippen LogP contribution in [0.4, 0.5) is 0 Å². The summed E-state index contributed by atoms with van der Waals surface area (Å²) < 4.78 is 0. The molecule has 0 aliphatic carbocycles. The molecule has 0 bridgehead atoms. The first-order chi connectivity index (χ1) is 5.70. The molecule has 3 nitrogen and oxygen atoms in total. The minimum atomic E-state index is 0.181. The van der Waals surface area contributed by atoms with Crippen LogP contribution in [-0.4, -0.2) is 11.3 Å². The summed E-state index contributed by atoms with van der Waals surface area (Å²) in [5, 5.41) is 6.04. The van der Waals surface area contributed by atoms with Gasteiger partial charge in [0.15, 0.2) is 5.11 Å². The molecule has 0 spiro atoms. The van der Waals surface area contributed by atoms with Crippen molar-refractivity contribution < 1.29 is 0 Å². The lowest BCUT2D eigenvalue weighted by Gasteiger charge is -1.92. The molecule has 0 saturated carbocycles. The summed E-state index contributed by atoms with van der Waals surface area (Å²) in [7, 11) is 0. The van der Waals surface area contributed by atoms with E-state index in [1.165, 1.54) is 5.56 Å². The van der Waals surface area contributed by atoms with Gasteiger partial charge in [-0.05, 0) is 36.2 Å². The summed E-state index contributed by atoms with van der Waals surface area (Å²) in [6, 6.07) is 2.03. The molecular weight excluding hydrogens is 190 g/mol. The quantitative estimate of drug-likeness (QED) is 0.428. The number of thiocarbonyl (C=S) groups is 1. The van der Waals surface area contributed by atoms with Crippen molar-refractivity contribution in [2.45, 2.75) is 6.92 Å². The highest BCUT2D eigenvalue weighted by Crippen LogP contribution is 2.11. The highest BCUT2D eigenvalue weighted by molar-refractivity contribution is 7.80. The van der Waals surface area contributed by atoms with Gasteiger partial charge in [0, 0.05) is 4.88 Å². The summed E-state index contributed by atoms with van der Waals surface area (Å²) in [6.45, 7) is 2.03. The lowest BCUT2D eigenvalue weighted by molar-refractivity contribution is 1.04. The Kier molecular flexibility index (Phi) is 3.19. The Morgan fingerprint density at radius 2 is 2.58 bits per heavy atom. The Morgan fingerprint density at radius 1 is 1.83 bits per heavy atom. The van der Waals surface area contributed by atoms with Crippen LogP contribution in [-0.2, 0) is 0 Å². The first kappa shape index (κ1) is 9.15. The van der Waals surface area contributed by atoms with Crippen LogP contribution >= 0.6 is 23.6 Å². The van der Waals surface area contributed by atoms with Crippen LogP contribution in [0.1, 0.15) is 10.4 Å². The highest BCUT2D eigenvalue weighted by atomic mass is 32.1. The van der Waals surface area contributed by atoms with Gasteiger partial charge < -0.3 is 5.73 Å². The molecule has 12 heavy (non-hydrogen) atoms. The predicted molar refractivity (Wildman–Crippen MR) is 56.6 cm³/mol. The van der Waals surface area contributed by atoms with Crippen LogP contribution in [0.25, 0.3) is 0 Å². The fourth-order valence-electron chi connectivity index (χ4n) is 0.671. The van der Waals surface area contributed by atoms with E-state index >= 15 is 0 Å². The summed E-state index contributed by atoms with van der Waals surface area (Å²) in [4.78, 5) is 1.11. The van der Waals surface area contributed by atoms with Crippen LogP contribution in [0.2, 0.25) is 0 Å². The van der Waals surface area contributed by atoms with Crippen molar-refractivity contribution >= 4 is 34.9 Å². The van der Waals surface area contributed by atoms with Crippen molar-refractivity contribution in [2.75, 3.05) is 0 Å². The van der Waals surface area contributed by atoms with E-state index < -0.39 is 0 Å². The van der Waals surface area contributed by atoms with E-state index in [1.807, 2.05) is 18.4 Å². The lowest BCUT2D eigenvalue weighted by atomic mass is 10.3. The van der Waals surface area contributed by atoms with Crippen molar-refractivity contribution in [1.29, 1.82) is 0 Å². The van der Waals surface area contributed by atoms with Crippen LogP contribution in [0.3, 0.4) is 0 Å². The summed E-state index contributed by atoms with van der Waals surface area (Å²) in [5.41, 5.74) is 8.88. The first-order valence-electron chi connectivity index (χ1n) is 3.33. The van der Waals surface area contributed by atoms with Crippen molar-refractivity contribution in [3.05, 3.63) is 21.9 Å². The van der Waals surface area contributed by atoms with Gasteiger partial charge in [-0.2, -0.15) is 5.10 Å². The smallest absolute Gasteiger partial charge is 0.184 e. The third kappa shape index (κ3) is 2.60. The van der Waals surface area contributed by atoms with Gasteiger partial charge in [0.2, 0.25) is 0 Å². The molecule has 0 amide bonds. The lowest BCUT2D eigenvalue weighted by Crippen LogP contribution is -2.23. The number of nitrogens with zero attached hydrogens (tertiary/aromatic N) is 1. The highest BCUT2D eigenvalue weighted by Gasteiger charge is 1.93. The number of hydrogen-bond donors (Lipinski definition) is 2. The number of hydrogen-bond acceptors (Lipinski definition) is 3. The Balaban J connectivity index is 2.57. The molecule has 1 rings (SSSR count). The molecule has 3 N–H and O–H groups in total. The van der Waals surface area contributed by atoms with E-state index in [4.69, 9.17) is 5.73 Å². The fourth-order valence-corrected chi connectivity index (χ4v) is 1.51. The molecule has 0 unspecified atom stereocenters. The molecule has 0 atom stereocenters. The minimum Gasteiger partial charge on any atom is -0.375 e. The summed E-state index contributed by atoms with van der Waals surface area (Å²) in [5.74, 6) is 0. The van der Waals surface area contributed by atoms with Gasteiger partial charge in [0.1, 0.15) is 0 Å². The van der Waals surface area contributed by atoms with E-state index in [2.05, 4.69) is 22.7 Å². The SMILES string of the molecule is Cc1ccsc1C=NNC(N)=S. The zero-order valence-corrected chi connectivity index (χ0v) is 8.21. The second-order valence-corrected chi connectivity index (χ2v) is 3.59. The molecule has 64 valence electrons. The largest absolute Gasteiger partial charge is 0.375 e. The van der Waals surface area contributed by atoms with Gasteiger partial charge in [-0.15, -0.1) is 11.3 Å². The second-order valence-electron chi connectivity index (χ2n) is 2.20. The number of rotatable bonds is 2. The van der Waals surface area contributed by atoms with Crippen LogP contribution in [0, 0.1) is 6.92 Å². The fraction of sp³-hybridized carbons (Fsp3) is 0.143. The first-order valence-corrected chi connectivity index (χ1v) is 4.61. The molecule has 1 heterocycles. The third-order valence-electron chi connectivity index (χ3n) is 1.26. The van der Waals surface area contributed by atoms with Crippen molar-refractivity contribution in [3.8, 4) is 0 Å². The van der Waals surface area contributed by atoms with Gasteiger partial charge in [-0.1, -0.05) is 0 Å². The maximum Gasteiger partial charge on any atom is 0.184 e. The Labute approximate surface area is 80.3 Å². The molecule has 0 aliphatic rings. The molecule has 0 saturated heterocycles. The van der Waals surface area contributed by atoms with Gasteiger partial charge in [0.05, 0.1) is 6.21 Å². The summed E-state index contributed by atoms with van der Waals surface area (Å²) in [6.07, 6.45) is 1.71. The number of aryl methyl sites for hydroxylation is 1. The minimum absolute atomic E-state index is 0.181. The standard InChI is InChI=1S/C7H9N3S2/c1-5-2-3-12-6(5)4-9-10-7(8)11/h2-4H,1H3,(H3,8,10,11). The Bertz CT molecular complexity index is 303. The van der Waals surface area contributed by atoms with E-state index in [-0.39, 0.29) is 5.11 Å². The van der Waals surface area contributed by atoms with E-state index in [9.17, 15) is 0 Å². The molecule has 1 aromatic heterocycles. The van der Waals surface area contributed by atoms with Crippen LogP contribution < -0.4 is 11.2 Å². The number of nitrogens with one attached hydrogen (secondary N) is 1.